The van der Waals surface area contributed by atoms with Gasteiger partial charge in [-0.15, -0.1) is 0 Å². The summed E-state index contributed by atoms with van der Waals surface area (Å²) in [5, 5.41) is 19.2. The van der Waals surface area contributed by atoms with E-state index in [-0.39, 0.29) is 10.8 Å². The molecule has 0 aliphatic rings. The number of fused-ring (bicyclic) bond motifs is 1. The molecule has 0 saturated heterocycles. The number of anilines is 2. The van der Waals surface area contributed by atoms with E-state index in [2.05, 4.69) is 15.6 Å². The Morgan fingerprint density at radius 1 is 1.04 bits per heavy atom. The summed E-state index contributed by atoms with van der Waals surface area (Å²) in [6.45, 7) is 0. The molecule has 0 radical (unpaired) electrons. The van der Waals surface area contributed by atoms with Gasteiger partial charge in [-0.2, -0.15) is 0 Å². The number of thiocarbonyl (C=S) groups is 1. The normalized spacial score (nSPS) is 10.3. The van der Waals surface area contributed by atoms with Gasteiger partial charge in [0.15, 0.2) is 5.11 Å². The molecule has 0 spiro atoms. The Morgan fingerprint density at radius 2 is 1.78 bits per heavy atom. The van der Waals surface area contributed by atoms with Gasteiger partial charge in [-0.05, 0) is 30.4 Å². The van der Waals surface area contributed by atoms with E-state index in [1.54, 1.807) is 30.6 Å². The average Bonchev–Trinajstić information content (AvgIpc) is 2.55. The number of hydrogen-bond donors (Lipinski definition) is 2. The van der Waals surface area contributed by atoms with Gasteiger partial charge in [0.1, 0.15) is 5.69 Å². The van der Waals surface area contributed by atoms with Gasteiger partial charge < -0.3 is 10.6 Å². The van der Waals surface area contributed by atoms with Gasteiger partial charge in [0.2, 0.25) is 0 Å². The van der Waals surface area contributed by atoms with Crippen LogP contribution in [0.1, 0.15) is 0 Å². The van der Waals surface area contributed by atoms with Crippen molar-refractivity contribution in [2.45, 2.75) is 0 Å². The fourth-order valence-corrected chi connectivity index (χ4v) is 2.47. The van der Waals surface area contributed by atoms with Crippen LogP contribution in [0.3, 0.4) is 0 Å². The van der Waals surface area contributed by atoms with Crippen molar-refractivity contribution < 1.29 is 4.92 Å². The molecule has 3 aromatic rings. The minimum atomic E-state index is -0.450. The zero-order chi connectivity index (χ0) is 16.2. The van der Waals surface area contributed by atoms with E-state index in [0.717, 1.165) is 16.5 Å². The largest absolute Gasteiger partial charge is 0.332 e. The van der Waals surface area contributed by atoms with Crippen molar-refractivity contribution >= 4 is 45.2 Å². The molecule has 0 unspecified atom stereocenters. The summed E-state index contributed by atoms with van der Waals surface area (Å²) >= 11 is 5.27. The highest BCUT2D eigenvalue weighted by Crippen LogP contribution is 2.25. The first kappa shape index (κ1) is 14.9. The molecule has 6 nitrogen and oxygen atoms in total. The lowest BCUT2D eigenvalue weighted by molar-refractivity contribution is -0.383. The third-order valence-corrected chi connectivity index (χ3v) is 3.48. The number of para-hydroxylation sites is 2. The maximum absolute atomic E-state index is 11.0. The number of pyridine rings is 1. The number of rotatable bonds is 3. The second-order valence-corrected chi connectivity index (χ2v) is 5.16. The van der Waals surface area contributed by atoms with Gasteiger partial charge >= 0.3 is 0 Å². The van der Waals surface area contributed by atoms with Crippen LogP contribution in [-0.4, -0.2) is 15.0 Å². The predicted molar refractivity (Wildman–Crippen MR) is 94.7 cm³/mol. The van der Waals surface area contributed by atoms with Gasteiger partial charge in [-0.1, -0.05) is 24.3 Å². The average molecular weight is 324 g/mol. The molecule has 0 aliphatic heterocycles. The molecule has 2 N–H and O–H groups in total. The highest BCUT2D eigenvalue weighted by Gasteiger charge is 2.13. The summed E-state index contributed by atoms with van der Waals surface area (Å²) in [7, 11) is 0. The molecule has 1 aromatic heterocycles. The van der Waals surface area contributed by atoms with Crippen LogP contribution in [0.5, 0.6) is 0 Å². The molecule has 1 heterocycles. The molecule has 2 aromatic carbocycles. The number of nitrogens with one attached hydrogen (secondary N) is 2. The molecule has 3 rings (SSSR count). The molecule has 0 fully saturated rings. The van der Waals surface area contributed by atoms with E-state index in [9.17, 15) is 10.1 Å². The fraction of sp³-hybridized carbons (Fsp3) is 0. The Hall–Kier alpha value is -3.06. The van der Waals surface area contributed by atoms with Crippen LogP contribution in [0, 0.1) is 10.1 Å². The quantitative estimate of drug-likeness (QED) is 0.431. The van der Waals surface area contributed by atoms with Gasteiger partial charge in [0.25, 0.3) is 5.69 Å². The lowest BCUT2D eigenvalue weighted by atomic mass is 10.1. The first-order valence-electron chi connectivity index (χ1n) is 6.79. The van der Waals surface area contributed by atoms with E-state index in [4.69, 9.17) is 12.2 Å². The van der Waals surface area contributed by atoms with Crippen LogP contribution in [0.4, 0.5) is 17.1 Å². The lowest BCUT2D eigenvalue weighted by Gasteiger charge is -2.12. The Bertz CT molecular complexity index is 893. The molecule has 23 heavy (non-hydrogen) atoms. The second kappa shape index (κ2) is 6.37. The number of nitro benzene ring substituents is 1. The molecular weight excluding hydrogens is 312 g/mol. The maximum Gasteiger partial charge on any atom is 0.292 e. The van der Waals surface area contributed by atoms with Gasteiger partial charge in [0, 0.05) is 34.9 Å². The Kier molecular flexibility index (Phi) is 4.11. The molecule has 0 bridgehead atoms. The van der Waals surface area contributed by atoms with Crippen molar-refractivity contribution in [2.75, 3.05) is 10.6 Å². The molecule has 0 atom stereocenters. The third kappa shape index (κ3) is 3.24. The number of nitro groups is 1. The first-order chi connectivity index (χ1) is 11.1. The second-order valence-electron chi connectivity index (χ2n) is 4.76. The Labute approximate surface area is 137 Å². The number of hydrogen-bond acceptors (Lipinski definition) is 4. The van der Waals surface area contributed by atoms with Gasteiger partial charge in [-0.25, -0.2) is 0 Å². The first-order valence-corrected chi connectivity index (χ1v) is 7.20. The highest BCUT2D eigenvalue weighted by molar-refractivity contribution is 7.80. The minimum Gasteiger partial charge on any atom is -0.332 e. The number of aromatic nitrogens is 1. The van der Waals surface area contributed by atoms with Crippen LogP contribution in [0.15, 0.2) is 60.9 Å². The van der Waals surface area contributed by atoms with Crippen molar-refractivity contribution in [3.05, 3.63) is 71.0 Å². The summed E-state index contributed by atoms with van der Waals surface area (Å²) in [5.41, 5.74) is 1.12. The van der Waals surface area contributed by atoms with E-state index >= 15 is 0 Å². The van der Waals surface area contributed by atoms with Gasteiger partial charge in [-0.3, -0.25) is 15.1 Å². The van der Waals surface area contributed by atoms with E-state index in [1.807, 2.05) is 24.3 Å². The number of benzene rings is 2. The van der Waals surface area contributed by atoms with Crippen LogP contribution in [0.25, 0.3) is 10.8 Å². The summed E-state index contributed by atoms with van der Waals surface area (Å²) in [6.07, 6.45) is 3.46. The Morgan fingerprint density at radius 3 is 2.61 bits per heavy atom. The topological polar surface area (TPSA) is 80.1 Å². The molecular formula is C16H12N4O2S. The predicted octanol–water partition coefficient (Wildman–Crippen LogP) is 3.95. The van der Waals surface area contributed by atoms with Crippen LogP contribution in [0.2, 0.25) is 0 Å². The Balaban J connectivity index is 1.84. The monoisotopic (exact) mass is 324 g/mol. The lowest BCUT2D eigenvalue weighted by Crippen LogP contribution is -2.19. The zero-order valence-corrected chi connectivity index (χ0v) is 12.7. The molecule has 0 saturated carbocycles. The molecule has 7 heteroatoms. The summed E-state index contributed by atoms with van der Waals surface area (Å²) in [6, 6.07) is 14.0. The van der Waals surface area contributed by atoms with Crippen molar-refractivity contribution in [3.63, 3.8) is 0 Å². The standard InChI is InChI=1S/C16H12N4O2S/c21-20(22)15-7-2-1-5-14(15)19-16(23)18-13-6-3-4-11-10-17-9-8-12(11)13/h1-10H,(H2,18,19,23). The van der Waals surface area contributed by atoms with Crippen molar-refractivity contribution in [2.24, 2.45) is 0 Å². The molecule has 114 valence electrons. The van der Waals surface area contributed by atoms with Gasteiger partial charge in [0.05, 0.1) is 4.92 Å². The summed E-state index contributed by atoms with van der Waals surface area (Å²) in [4.78, 5) is 14.7. The van der Waals surface area contributed by atoms with Crippen molar-refractivity contribution in [3.8, 4) is 0 Å². The van der Waals surface area contributed by atoms with E-state index in [0.29, 0.717) is 5.69 Å². The van der Waals surface area contributed by atoms with Crippen LogP contribution < -0.4 is 10.6 Å². The summed E-state index contributed by atoms with van der Waals surface area (Å²) < 4.78 is 0. The maximum atomic E-state index is 11.0. The van der Waals surface area contributed by atoms with E-state index in [1.165, 1.54) is 6.07 Å². The summed E-state index contributed by atoms with van der Waals surface area (Å²) in [5.74, 6) is 0. The van der Waals surface area contributed by atoms with Crippen LogP contribution in [-0.2, 0) is 0 Å². The SMILES string of the molecule is O=[N+]([O-])c1ccccc1NC(=S)Nc1cccc2cnccc12. The fourth-order valence-electron chi connectivity index (χ4n) is 2.25. The zero-order valence-electron chi connectivity index (χ0n) is 11.9. The molecule has 0 aliphatic carbocycles. The van der Waals surface area contributed by atoms with E-state index < -0.39 is 4.92 Å². The number of nitrogens with zero attached hydrogens (tertiary/aromatic N) is 2. The smallest absolute Gasteiger partial charge is 0.292 e. The minimum absolute atomic E-state index is 0.0289. The highest BCUT2D eigenvalue weighted by atomic mass is 32.1. The van der Waals surface area contributed by atoms with Crippen LogP contribution >= 0.6 is 12.2 Å². The molecule has 0 amide bonds. The van der Waals surface area contributed by atoms with Crippen molar-refractivity contribution in [1.29, 1.82) is 0 Å². The third-order valence-electron chi connectivity index (χ3n) is 3.28. The van der Waals surface area contributed by atoms with Crippen molar-refractivity contribution in [1.82, 2.24) is 4.98 Å².